The van der Waals surface area contributed by atoms with E-state index in [2.05, 4.69) is 5.32 Å². The monoisotopic (exact) mass is 277 g/mol. The summed E-state index contributed by atoms with van der Waals surface area (Å²) in [5, 5.41) is 23.5. The van der Waals surface area contributed by atoms with Gasteiger partial charge >= 0.3 is 0 Å². The van der Waals surface area contributed by atoms with Gasteiger partial charge in [0.2, 0.25) is 0 Å². The van der Waals surface area contributed by atoms with Crippen molar-refractivity contribution in [3.8, 4) is 11.5 Å². The average molecular weight is 278 g/mol. The van der Waals surface area contributed by atoms with Gasteiger partial charge in [-0.25, -0.2) is 0 Å². The second-order valence-corrected chi connectivity index (χ2v) is 4.81. The van der Waals surface area contributed by atoms with E-state index in [1.807, 2.05) is 31.2 Å². The zero-order chi connectivity index (χ0) is 13.8. The molecule has 19 heavy (non-hydrogen) atoms. The Kier molecular flexibility index (Phi) is 4.30. The molecule has 0 radical (unpaired) electrons. The van der Waals surface area contributed by atoms with Crippen molar-refractivity contribution in [2.45, 2.75) is 19.5 Å². The Morgan fingerprint density at radius 3 is 2.32 bits per heavy atom. The van der Waals surface area contributed by atoms with E-state index in [4.69, 9.17) is 11.6 Å². The fourth-order valence-electron chi connectivity index (χ4n) is 1.99. The molecule has 3 N–H and O–H groups in total. The van der Waals surface area contributed by atoms with Gasteiger partial charge in [0, 0.05) is 17.6 Å². The van der Waals surface area contributed by atoms with Crippen molar-refractivity contribution in [2.75, 3.05) is 0 Å². The first-order valence-corrected chi connectivity index (χ1v) is 6.45. The Morgan fingerprint density at radius 2 is 1.68 bits per heavy atom. The Morgan fingerprint density at radius 1 is 1.05 bits per heavy atom. The average Bonchev–Trinajstić information content (AvgIpc) is 2.37. The third-order valence-electron chi connectivity index (χ3n) is 3.05. The van der Waals surface area contributed by atoms with E-state index in [-0.39, 0.29) is 17.5 Å². The molecule has 0 aliphatic rings. The largest absolute Gasteiger partial charge is 0.507 e. The number of phenolic OH excluding ortho intramolecular Hbond substituents is 2. The summed E-state index contributed by atoms with van der Waals surface area (Å²) in [5.41, 5.74) is 1.47. The molecule has 0 fully saturated rings. The van der Waals surface area contributed by atoms with Crippen LogP contribution < -0.4 is 5.32 Å². The molecule has 0 amide bonds. The maximum absolute atomic E-state index is 9.79. The third-order valence-corrected chi connectivity index (χ3v) is 3.42. The fraction of sp³-hybridized carbons (Fsp3) is 0.200. The van der Waals surface area contributed by atoms with Crippen molar-refractivity contribution in [3.63, 3.8) is 0 Å². The molecule has 1 unspecified atom stereocenters. The van der Waals surface area contributed by atoms with Gasteiger partial charge in [0.15, 0.2) is 0 Å². The lowest BCUT2D eigenvalue weighted by Crippen LogP contribution is -2.18. The zero-order valence-electron chi connectivity index (χ0n) is 10.6. The van der Waals surface area contributed by atoms with Gasteiger partial charge in [0.25, 0.3) is 0 Å². The van der Waals surface area contributed by atoms with Gasteiger partial charge in [0.05, 0.1) is 5.56 Å². The molecule has 3 nitrogen and oxygen atoms in total. The van der Waals surface area contributed by atoms with Crippen molar-refractivity contribution in [1.29, 1.82) is 0 Å². The summed E-state index contributed by atoms with van der Waals surface area (Å²) in [6.45, 7) is 2.44. The van der Waals surface area contributed by atoms with Crippen LogP contribution >= 0.6 is 11.6 Å². The first-order valence-electron chi connectivity index (χ1n) is 6.07. The zero-order valence-corrected chi connectivity index (χ0v) is 11.4. The molecule has 0 aliphatic carbocycles. The predicted octanol–water partition coefficient (Wildman–Crippen LogP) is 3.60. The van der Waals surface area contributed by atoms with E-state index in [0.29, 0.717) is 17.1 Å². The molecular formula is C15H16ClNO2. The number of hydrogen-bond donors (Lipinski definition) is 3. The third kappa shape index (κ3) is 3.19. The van der Waals surface area contributed by atoms with E-state index in [1.54, 1.807) is 18.2 Å². The van der Waals surface area contributed by atoms with E-state index < -0.39 is 0 Å². The van der Waals surface area contributed by atoms with Crippen LogP contribution in [-0.4, -0.2) is 10.2 Å². The first kappa shape index (κ1) is 13.7. The van der Waals surface area contributed by atoms with E-state index in [0.717, 1.165) is 5.56 Å². The summed E-state index contributed by atoms with van der Waals surface area (Å²) >= 11 is 6.08. The number of halogens is 1. The Bertz CT molecular complexity index is 552. The van der Waals surface area contributed by atoms with Gasteiger partial charge in [-0.15, -0.1) is 0 Å². The summed E-state index contributed by atoms with van der Waals surface area (Å²) < 4.78 is 0. The topological polar surface area (TPSA) is 52.5 Å². The van der Waals surface area contributed by atoms with Crippen LogP contribution in [0.4, 0.5) is 0 Å². The summed E-state index contributed by atoms with van der Waals surface area (Å²) in [6.07, 6.45) is 0. The van der Waals surface area contributed by atoms with E-state index >= 15 is 0 Å². The fourth-order valence-corrected chi connectivity index (χ4v) is 2.19. The van der Waals surface area contributed by atoms with Gasteiger partial charge in [0.1, 0.15) is 11.5 Å². The Hall–Kier alpha value is -1.71. The number of nitrogens with one attached hydrogen (secondary N) is 1. The molecule has 0 saturated heterocycles. The van der Waals surface area contributed by atoms with Crippen LogP contribution in [0.2, 0.25) is 5.02 Å². The van der Waals surface area contributed by atoms with Crippen molar-refractivity contribution < 1.29 is 10.2 Å². The molecule has 100 valence electrons. The SMILES string of the molecule is CC(NCc1ccccc1Cl)c1c(O)cccc1O. The highest BCUT2D eigenvalue weighted by Gasteiger charge is 2.14. The molecule has 0 heterocycles. The number of hydrogen-bond acceptors (Lipinski definition) is 3. The van der Waals surface area contributed by atoms with Crippen LogP contribution in [0.15, 0.2) is 42.5 Å². The van der Waals surface area contributed by atoms with Crippen molar-refractivity contribution in [1.82, 2.24) is 5.32 Å². The van der Waals surface area contributed by atoms with Gasteiger partial charge in [-0.05, 0) is 30.7 Å². The number of phenols is 2. The maximum atomic E-state index is 9.79. The first-order chi connectivity index (χ1) is 9.09. The van der Waals surface area contributed by atoms with Crippen LogP contribution in [0.3, 0.4) is 0 Å². The molecule has 2 aromatic carbocycles. The Labute approximate surface area is 117 Å². The van der Waals surface area contributed by atoms with Crippen LogP contribution in [-0.2, 0) is 6.54 Å². The molecule has 0 aliphatic heterocycles. The van der Waals surface area contributed by atoms with Gasteiger partial charge in [-0.1, -0.05) is 35.9 Å². The summed E-state index contributed by atoms with van der Waals surface area (Å²) in [5.74, 6) is 0.165. The van der Waals surface area contributed by atoms with Crippen molar-refractivity contribution >= 4 is 11.6 Å². The van der Waals surface area contributed by atoms with Crippen molar-refractivity contribution in [3.05, 3.63) is 58.6 Å². The van der Waals surface area contributed by atoms with Gasteiger partial charge in [-0.3, -0.25) is 0 Å². The smallest absolute Gasteiger partial charge is 0.124 e. The summed E-state index contributed by atoms with van der Waals surface area (Å²) in [4.78, 5) is 0. The van der Waals surface area contributed by atoms with Crippen LogP contribution in [0.1, 0.15) is 24.1 Å². The quantitative estimate of drug-likeness (QED) is 0.800. The van der Waals surface area contributed by atoms with Gasteiger partial charge in [-0.2, -0.15) is 0 Å². The van der Waals surface area contributed by atoms with Crippen LogP contribution in [0, 0.1) is 0 Å². The van der Waals surface area contributed by atoms with E-state index in [1.165, 1.54) is 0 Å². The molecular weight excluding hydrogens is 262 g/mol. The molecule has 0 bridgehead atoms. The van der Waals surface area contributed by atoms with Crippen LogP contribution in [0.25, 0.3) is 0 Å². The molecule has 0 aromatic heterocycles. The lowest BCUT2D eigenvalue weighted by molar-refractivity contribution is 0.418. The normalized spacial score (nSPS) is 12.3. The van der Waals surface area contributed by atoms with E-state index in [9.17, 15) is 10.2 Å². The standard InChI is InChI=1S/C15H16ClNO2/c1-10(15-13(18)7-4-8-14(15)19)17-9-11-5-2-3-6-12(11)16/h2-8,10,17-19H,9H2,1H3. The minimum absolute atomic E-state index is 0.0826. The van der Waals surface area contributed by atoms with Crippen molar-refractivity contribution in [2.24, 2.45) is 0 Å². The summed E-state index contributed by atoms with van der Waals surface area (Å²) in [6, 6.07) is 12.1. The lowest BCUT2D eigenvalue weighted by Gasteiger charge is -2.17. The minimum atomic E-state index is -0.183. The molecule has 2 aromatic rings. The highest BCUT2D eigenvalue weighted by Crippen LogP contribution is 2.32. The predicted molar refractivity (Wildman–Crippen MR) is 76.5 cm³/mol. The number of benzene rings is 2. The number of rotatable bonds is 4. The number of aromatic hydroxyl groups is 2. The highest BCUT2D eigenvalue weighted by molar-refractivity contribution is 6.31. The maximum Gasteiger partial charge on any atom is 0.124 e. The molecule has 0 spiro atoms. The Balaban J connectivity index is 2.10. The van der Waals surface area contributed by atoms with Crippen LogP contribution in [0.5, 0.6) is 11.5 Å². The summed E-state index contributed by atoms with van der Waals surface area (Å²) in [7, 11) is 0. The molecule has 2 rings (SSSR count). The second kappa shape index (κ2) is 5.95. The molecule has 0 saturated carbocycles. The minimum Gasteiger partial charge on any atom is -0.507 e. The van der Waals surface area contributed by atoms with Gasteiger partial charge < -0.3 is 15.5 Å². The lowest BCUT2D eigenvalue weighted by atomic mass is 10.1. The second-order valence-electron chi connectivity index (χ2n) is 4.40. The molecule has 4 heteroatoms. The molecule has 1 atom stereocenters. The highest BCUT2D eigenvalue weighted by atomic mass is 35.5.